The molecule has 0 bridgehead atoms. The third-order valence-electron chi connectivity index (χ3n) is 7.90. The number of aromatic nitrogens is 2. The predicted molar refractivity (Wildman–Crippen MR) is 137 cm³/mol. The third kappa shape index (κ3) is 4.50. The second-order valence-electron chi connectivity index (χ2n) is 10.7. The number of aryl methyl sites for hydroxylation is 1. The number of carbonyl (C=O) groups excluding carboxylic acids is 1. The van der Waals surface area contributed by atoms with Gasteiger partial charge in [-0.3, -0.25) is 9.78 Å². The number of hydrogen-bond acceptors (Lipinski definition) is 3. The summed E-state index contributed by atoms with van der Waals surface area (Å²) in [6, 6.07) is 11.1. The van der Waals surface area contributed by atoms with Crippen LogP contribution in [0, 0.1) is 12.8 Å². The van der Waals surface area contributed by atoms with E-state index < -0.39 is 0 Å². The summed E-state index contributed by atoms with van der Waals surface area (Å²) >= 11 is 0. The quantitative estimate of drug-likeness (QED) is 0.509. The van der Waals surface area contributed by atoms with Gasteiger partial charge in [-0.25, -0.2) is 0 Å². The van der Waals surface area contributed by atoms with Gasteiger partial charge in [0.05, 0.1) is 11.8 Å². The normalized spacial score (nSPS) is 22.0. The number of amides is 1. The summed E-state index contributed by atoms with van der Waals surface area (Å²) in [6.45, 7) is 8.20. The van der Waals surface area contributed by atoms with Gasteiger partial charge in [-0.2, -0.15) is 0 Å². The van der Waals surface area contributed by atoms with Crippen LogP contribution in [-0.2, 0) is 4.79 Å². The third-order valence-corrected chi connectivity index (χ3v) is 7.90. The second-order valence-corrected chi connectivity index (χ2v) is 10.7. The number of H-pyrrole nitrogens is 1. The van der Waals surface area contributed by atoms with E-state index in [1.807, 2.05) is 13.1 Å². The molecule has 1 amide bonds. The number of nitrogens with one attached hydrogen (secondary N) is 1. The predicted octanol–water partition coefficient (Wildman–Crippen LogP) is 5.92. The fourth-order valence-electron chi connectivity index (χ4n) is 6.09. The molecule has 2 aromatic heterocycles. The van der Waals surface area contributed by atoms with Crippen LogP contribution >= 0.6 is 0 Å². The number of aromatic amines is 1. The second kappa shape index (κ2) is 9.53. The first-order valence-electron chi connectivity index (χ1n) is 13.0. The summed E-state index contributed by atoms with van der Waals surface area (Å²) in [6.07, 6.45) is 6.96. The van der Waals surface area contributed by atoms with E-state index in [9.17, 15) is 9.90 Å². The Morgan fingerprint density at radius 3 is 2.62 bits per heavy atom. The van der Waals surface area contributed by atoms with Crippen LogP contribution in [0.5, 0.6) is 0 Å². The summed E-state index contributed by atoms with van der Waals surface area (Å²) in [5.74, 6) is 1.16. The number of aliphatic hydroxyl groups excluding tert-OH is 1. The van der Waals surface area contributed by atoms with Crippen molar-refractivity contribution in [2.75, 3.05) is 13.1 Å². The van der Waals surface area contributed by atoms with Gasteiger partial charge in [-0.15, -0.1) is 0 Å². The molecule has 3 heterocycles. The largest absolute Gasteiger partial charge is 0.393 e. The maximum atomic E-state index is 13.0. The van der Waals surface area contributed by atoms with Gasteiger partial charge < -0.3 is 15.0 Å². The Labute approximate surface area is 202 Å². The number of nitrogens with zero attached hydrogens (tertiary/aromatic N) is 2. The van der Waals surface area contributed by atoms with Gasteiger partial charge in [0.1, 0.15) is 0 Å². The number of benzene rings is 1. The highest BCUT2D eigenvalue weighted by Crippen LogP contribution is 2.38. The Balaban J connectivity index is 1.36. The van der Waals surface area contributed by atoms with Crippen LogP contribution in [0.1, 0.15) is 81.0 Å². The number of rotatable bonds is 4. The van der Waals surface area contributed by atoms with Gasteiger partial charge >= 0.3 is 0 Å². The Morgan fingerprint density at radius 2 is 1.91 bits per heavy atom. The molecule has 5 heteroatoms. The Hall–Kier alpha value is -2.66. The van der Waals surface area contributed by atoms with Gasteiger partial charge in [0.15, 0.2) is 0 Å². The van der Waals surface area contributed by atoms with Crippen molar-refractivity contribution in [3.63, 3.8) is 0 Å². The highest BCUT2D eigenvalue weighted by molar-refractivity contribution is 5.92. The molecule has 1 saturated carbocycles. The monoisotopic (exact) mass is 459 g/mol. The molecule has 5 rings (SSSR count). The molecule has 1 saturated heterocycles. The molecular weight excluding hydrogens is 422 g/mol. The van der Waals surface area contributed by atoms with Crippen molar-refractivity contribution < 1.29 is 9.90 Å². The molecule has 0 spiro atoms. The van der Waals surface area contributed by atoms with Gasteiger partial charge in [0.2, 0.25) is 5.91 Å². The van der Waals surface area contributed by atoms with Crippen LogP contribution in [-0.4, -0.2) is 45.1 Å². The molecule has 0 unspecified atom stereocenters. The summed E-state index contributed by atoms with van der Waals surface area (Å²) in [5.41, 5.74) is 7.34. The number of piperidine rings is 1. The maximum Gasteiger partial charge on any atom is 0.225 e. The molecule has 2 N–H and O–H groups in total. The lowest BCUT2D eigenvalue weighted by molar-refractivity contribution is -0.139. The molecule has 2 atom stereocenters. The first kappa shape index (κ1) is 23.1. The highest BCUT2D eigenvalue weighted by atomic mass is 16.3. The number of hydrogen-bond donors (Lipinski definition) is 2. The Kier molecular flexibility index (Phi) is 6.48. The Bertz CT molecular complexity index is 1170. The van der Waals surface area contributed by atoms with Crippen molar-refractivity contribution in [2.45, 2.75) is 77.2 Å². The van der Waals surface area contributed by atoms with Crippen molar-refractivity contribution in [3.05, 3.63) is 53.3 Å². The van der Waals surface area contributed by atoms with E-state index in [-0.39, 0.29) is 17.9 Å². The number of likely N-dealkylation sites (tertiary alicyclic amines) is 1. The van der Waals surface area contributed by atoms with Crippen molar-refractivity contribution in [2.24, 2.45) is 5.92 Å². The van der Waals surface area contributed by atoms with Crippen LogP contribution in [0.4, 0.5) is 0 Å². The molecule has 5 nitrogen and oxygen atoms in total. The SMILES string of the molecule is Cc1cc(-c2[nH]c3ccc(C4CCN(C(=O)[C@H]5CCC[C@@H](O)C5)CC4)cc3c2C(C)C)ccn1. The fourth-order valence-corrected chi connectivity index (χ4v) is 6.09. The van der Waals surface area contributed by atoms with Crippen LogP contribution in [0.25, 0.3) is 22.2 Å². The summed E-state index contributed by atoms with van der Waals surface area (Å²) in [4.78, 5) is 23.1. The van der Waals surface area contributed by atoms with Crippen LogP contribution in [0.2, 0.25) is 0 Å². The molecule has 1 aliphatic carbocycles. The average molecular weight is 460 g/mol. The minimum atomic E-state index is -0.301. The van der Waals surface area contributed by atoms with Gasteiger partial charge in [-0.05, 0) is 86.3 Å². The molecule has 2 aliphatic rings. The molecule has 1 aliphatic heterocycles. The molecule has 2 fully saturated rings. The van der Waals surface area contributed by atoms with Gasteiger partial charge in [-0.1, -0.05) is 26.3 Å². The van der Waals surface area contributed by atoms with E-state index in [1.54, 1.807) is 0 Å². The fraction of sp³-hybridized carbons (Fsp3) is 0.517. The first-order valence-corrected chi connectivity index (χ1v) is 13.0. The van der Waals surface area contributed by atoms with Crippen molar-refractivity contribution in [3.8, 4) is 11.3 Å². The van der Waals surface area contributed by atoms with Crippen molar-refractivity contribution >= 4 is 16.8 Å². The molecule has 3 aromatic rings. The van der Waals surface area contributed by atoms with E-state index >= 15 is 0 Å². The van der Waals surface area contributed by atoms with Crippen molar-refractivity contribution in [1.82, 2.24) is 14.9 Å². The van der Waals surface area contributed by atoms with Crippen LogP contribution in [0.3, 0.4) is 0 Å². The lowest BCUT2D eigenvalue weighted by Gasteiger charge is -2.36. The van der Waals surface area contributed by atoms with Crippen molar-refractivity contribution in [1.29, 1.82) is 0 Å². The van der Waals surface area contributed by atoms with Gasteiger partial charge in [0, 0.05) is 47.4 Å². The van der Waals surface area contributed by atoms with E-state index in [2.05, 4.69) is 59.0 Å². The Morgan fingerprint density at radius 1 is 1.12 bits per heavy atom. The summed E-state index contributed by atoms with van der Waals surface area (Å²) in [7, 11) is 0. The zero-order valence-corrected chi connectivity index (χ0v) is 20.7. The summed E-state index contributed by atoms with van der Waals surface area (Å²) < 4.78 is 0. The average Bonchev–Trinajstić information content (AvgIpc) is 3.23. The molecule has 0 radical (unpaired) electrons. The lowest BCUT2D eigenvalue weighted by Crippen LogP contribution is -2.43. The smallest absolute Gasteiger partial charge is 0.225 e. The zero-order valence-electron chi connectivity index (χ0n) is 20.7. The highest BCUT2D eigenvalue weighted by Gasteiger charge is 2.32. The van der Waals surface area contributed by atoms with E-state index in [4.69, 9.17) is 0 Å². The molecule has 34 heavy (non-hydrogen) atoms. The van der Waals surface area contributed by atoms with Gasteiger partial charge in [0.25, 0.3) is 0 Å². The number of pyridine rings is 1. The van der Waals surface area contributed by atoms with E-state index in [0.717, 1.165) is 50.9 Å². The molecule has 1 aromatic carbocycles. The number of carbonyl (C=O) groups is 1. The van der Waals surface area contributed by atoms with E-state index in [1.165, 1.54) is 33.3 Å². The van der Waals surface area contributed by atoms with Crippen LogP contribution in [0.15, 0.2) is 36.5 Å². The first-order chi connectivity index (χ1) is 16.4. The molecule has 180 valence electrons. The standard InChI is InChI=1S/C29H37N3O2/c1-18(2)27-25-17-21(7-8-26(25)31-28(27)22-9-12-30-19(3)15-22)20-10-13-32(14-11-20)29(34)23-5-4-6-24(33)16-23/h7-9,12,15,17-18,20,23-24,31,33H,4-6,10-11,13-14,16H2,1-3H3/t23-,24+/m0/s1. The number of aliphatic hydroxyl groups is 1. The minimum Gasteiger partial charge on any atom is -0.393 e. The van der Waals surface area contributed by atoms with E-state index in [0.29, 0.717) is 18.3 Å². The minimum absolute atomic E-state index is 0.0142. The molecular formula is C29H37N3O2. The summed E-state index contributed by atoms with van der Waals surface area (Å²) in [5, 5.41) is 11.3. The lowest BCUT2D eigenvalue weighted by atomic mass is 9.84. The zero-order chi connectivity index (χ0) is 23.8. The van der Waals surface area contributed by atoms with Crippen LogP contribution < -0.4 is 0 Å². The maximum absolute atomic E-state index is 13.0. The number of fused-ring (bicyclic) bond motifs is 1. The topological polar surface area (TPSA) is 69.2 Å².